The van der Waals surface area contributed by atoms with Gasteiger partial charge in [-0.2, -0.15) is 5.10 Å². The lowest BCUT2D eigenvalue weighted by Gasteiger charge is -2.27. The number of methoxy groups -OCH3 is 2. The van der Waals surface area contributed by atoms with Crippen LogP contribution in [0.1, 0.15) is 37.1 Å². The Morgan fingerprint density at radius 2 is 2.00 bits per heavy atom. The fraction of sp³-hybridized carbons (Fsp3) is 0.458. The molecule has 3 amide bonds. The van der Waals surface area contributed by atoms with Crippen LogP contribution >= 0.6 is 0 Å². The number of carbonyl (C=O) groups excluding carboxylic acids is 2. The van der Waals surface area contributed by atoms with Crippen molar-refractivity contribution in [2.45, 2.75) is 25.8 Å². The molecule has 0 fully saturated rings. The predicted octanol–water partition coefficient (Wildman–Crippen LogP) is 2.78. The largest absolute Gasteiger partial charge is 0.496 e. The van der Waals surface area contributed by atoms with Crippen molar-refractivity contribution >= 4 is 17.6 Å². The van der Waals surface area contributed by atoms with Crippen LogP contribution < -0.4 is 10.1 Å². The number of carbonyl (C=O) groups is 2. The molecule has 0 saturated carbocycles. The maximum absolute atomic E-state index is 13.5. The second kappa shape index (κ2) is 11.5. The first-order valence-corrected chi connectivity index (χ1v) is 11.2. The van der Waals surface area contributed by atoms with E-state index in [2.05, 4.69) is 5.32 Å². The number of aryl methyl sites for hydroxylation is 1. The summed E-state index contributed by atoms with van der Waals surface area (Å²) in [4.78, 5) is 27.6. The van der Waals surface area contributed by atoms with Gasteiger partial charge in [0, 0.05) is 45.4 Å². The van der Waals surface area contributed by atoms with Gasteiger partial charge in [0.1, 0.15) is 12.3 Å². The molecule has 0 bridgehead atoms. The molecule has 33 heavy (non-hydrogen) atoms. The minimum Gasteiger partial charge on any atom is -0.496 e. The van der Waals surface area contributed by atoms with Gasteiger partial charge in [-0.15, -0.1) is 0 Å². The molecule has 9 nitrogen and oxygen atoms in total. The minimum atomic E-state index is -0.332. The van der Waals surface area contributed by atoms with Crippen LogP contribution in [0.4, 0.5) is 4.79 Å². The minimum absolute atomic E-state index is 0.103. The molecule has 9 heteroatoms. The van der Waals surface area contributed by atoms with Crippen molar-refractivity contribution in [2.24, 2.45) is 12.1 Å². The number of urea groups is 1. The third-order valence-corrected chi connectivity index (χ3v) is 5.61. The number of aromatic nitrogens is 1. The van der Waals surface area contributed by atoms with Gasteiger partial charge in [0.25, 0.3) is 5.91 Å². The van der Waals surface area contributed by atoms with Gasteiger partial charge in [0.05, 0.1) is 31.2 Å². The highest BCUT2D eigenvalue weighted by Gasteiger charge is 2.36. The fourth-order valence-corrected chi connectivity index (χ4v) is 3.87. The molecule has 1 aromatic carbocycles. The molecule has 1 atom stereocenters. The number of ether oxygens (including phenoxy) is 2. The molecule has 2 heterocycles. The zero-order valence-electron chi connectivity index (χ0n) is 19.8. The van der Waals surface area contributed by atoms with Gasteiger partial charge in [-0.25, -0.2) is 9.80 Å². The maximum Gasteiger partial charge on any atom is 0.317 e. The number of para-hydroxylation sites is 1. The van der Waals surface area contributed by atoms with E-state index in [1.807, 2.05) is 61.1 Å². The van der Waals surface area contributed by atoms with Crippen molar-refractivity contribution in [3.05, 3.63) is 53.9 Å². The van der Waals surface area contributed by atoms with E-state index >= 15 is 0 Å². The van der Waals surface area contributed by atoms with E-state index in [0.717, 1.165) is 23.4 Å². The van der Waals surface area contributed by atoms with Crippen LogP contribution in [0.2, 0.25) is 0 Å². The van der Waals surface area contributed by atoms with Crippen molar-refractivity contribution < 1.29 is 19.1 Å². The summed E-state index contributed by atoms with van der Waals surface area (Å²) in [5.41, 5.74) is 2.63. The molecule has 1 N–H and O–H groups in total. The Morgan fingerprint density at radius 1 is 1.21 bits per heavy atom. The van der Waals surface area contributed by atoms with Crippen molar-refractivity contribution in [1.82, 2.24) is 19.8 Å². The van der Waals surface area contributed by atoms with Crippen LogP contribution in [0.3, 0.4) is 0 Å². The highest BCUT2D eigenvalue weighted by molar-refractivity contribution is 6.02. The lowest BCUT2D eigenvalue weighted by atomic mass is 9.99. The fourth-order valence-electron chi connectivity index (χ4n) is 3.87. The third kappa shape index (κ3) is 5.73. The normalized spacial score (nSPS) is 15.3. The van der Waals surface area contributed by atoms with E-state index in [9.17, 15) is 9.59 Å². The van der Waals surface area contributed by atoms with Crippen molar-refractivity contribution in [3.8, 4) is 5.75 Å². The van der Waals surface area contributed by atoms with Gasteiger partial charge in [-0.05, 0) is 24.6 Å². The van der Waals surface area contributed by atoms with Crippen LogP contribution in [0.15, 0.2) is 47.7 Å². The maximum atomic E-state index is 13.5. The molecule has 0 aliphatic carbocycles. The van der Waals surface area contributed by atoms with Crippen LogP contribution in [0.5, 0.6) is 5.75 Å². The Balaban J connectivity index is 1.90. The number of rotatable bonds is 10. The van der Waals surface area contributed by atoms with Crippen molar-refractivity contribution in [2.75, 3.05) is 40.5 Å². The summed E-state index contributed by atoms with van der Waals surface area (Å²) in [6, 6.07) is 11.0. The van der Waals surface area contributed by atoms with Gasteiger partial charge in [-0.1, -0.05) is 25.1 Å². The first kappa shape index (κ1) is 24.3. The number of hydrogen-bond acceptors (Lipinski definition) is 5. The Morgan fingerprint density at radius 3 is 2.67 bits per heavy atom. The average Bonchev–Trinajstić information content (AvgIpc) is 3.46. The first-order valence-electron chi connectivity index (χ1n) is 11.2. The molecular weight excluding hydrogens is 422 g/mol. The summed E-state index contributed by atoms with van der Waals surface area (Å²) < 4.78 is 12.7. The molecule has 2 aromatic rings. The molecule has 3 rings (SSSR count). The molecular formula is C24H33N5O4. The molecule has 178 valence electrons. The molecule has 0 saturated heterocycles. The number of hydrogen-bond donors (Lipinski definition) is 1. The topological polar surface area (TPSA) is 88.4 Å². The quantitative estimate of drug-likeness (QED) is 0.597. The SMILES string of the molecule is CCCNC(=O)N(CCOC)CC(=O)N1N=C(c2cccn2C)CC1c1ccccc1OC. The van der Waals surface area contributed by atoms with Crippen LogP contribution in [0, 0.1) is 0 Å². The first-order chi connectivity index (χ1) is 16.0. The Hall–Kier alpha value is -3.33. The monoisotopic (exact) mass is 455 g/mol. The Kier molecular flexibility index (Phi) is 8.48. The summed E-state index contributed by atoms with van der Waals surface area (Å²) in [6.07, 6.45) is 3.30. The average molecular weight is 456 g/mol. The molecule has 1 aromatic heterocycles. The van der Waals surface area contributed by atoms with E-state index in [-0.39, 0.29) is 24.5 Å². The number of amides is 3. The van der Waals surface area contributed by atoms with Crippen LogP contribution in [-0.2, 0) is 16.6 Å². The number of nitrogens with one attached hydrogen (secondary N) is 1. The van der Waals surface area contributed by atoms with E-state index in [1.54, 1.807) is 14.2 Å². The Bertz CT molecular complexity index is 987. The smallest absolute Gasteiger partial charge is 0.317 e. The molecule has 1 aliphatic rings. The number of hydrazone groups is 1. The number of nitrogens with zero attached hydrogens (tertiary/aromatic N) is 4. The van der Waals surface area contributed by atoms with E-state index in [4.69, 9.17) is 14.6 Å². The van der Waals surface area contributed by atoms with Gasteiger partial charge in [0.2, 0.25) is 0 Å². The standard InChI is InChI=1S/C24H33N5O4/c1-5-12-25-24(31)28(14-15-32-3)17-23(30)29-21(18-9-6-7-11-22(18)33-4)16-19(26-29)20-10-8-13-27(20)2/h6-11,13,21H,5,12,14-17H2,1-4H3,(H,25,31). The molecule has 0 spiro atoms. The van der Waals surface area contributed by atoms with E-state index < -0.39 is 0 Å². The van der Waals surface area contributed by atoms with Gasteiger partial charge in [0.15, 0.2) is 0 Å². The lowest BCUT2D eigenvalue weighted by molar-refractivity contribution is -0.133. The van der Waals surface area contributed by atoms with E-state index in [0.29, 0.717) is 31.9 Å². The van der Waals surface area contributed by atoms with E-state index in [1.165, 1.54) is 9.91 Å². The number of benzene rings is 1. The summed E-state index contributed by atoms with van der Waals surface area (Å²) in [5, 5.41) is 9.05. The van der Waals surface area contributed by atoms with Crippen molar-refractivity contribution in [1.29, 1.82) is 0 Å². The highest BCUT2D eigenvalue weighted by atomic mass is 16.5. The summed E-state index contributed by atoms with van der Waals surface area (Å²) >= 11 is 0. The Labute approximate surface area is 194 Å². The van der Waals surface area contributed by atoms with Crippen LogP contribution in [0.25, 0.3) is 0 Å². The summed E-state index contributed by atoms with van der Waals surface area (Å²) in [5.74, 6) is 0.429. The van der Waals surface area contributed by atoms with Gasteiger partial charge in [-0.3, -0.25) is 4.79 Å². The molecule has 1 unspecified atom stereocenters. The van der Waals surface area contributed by atoms with Gasteiger partial charge < -0.3 is 24.3 Å². The predicted molar refractivity (Wildman–Crippen MR) is 126 cm³/mol. The van der Waals surface area contributed by atoms with Gasteiger partial charge >= 0.3 is 6.03 Å². The summed E-state index contributed by atoms with van der Waals surface area (Å²) in [6.45, 7) is 3.06. The third-order valence-electron chi connectivity index (χ3n) is 5.61. The zero-order valence-corrected chi connectivity index (χ0v) is 19.8. The highest BCUT2D eigenvalue weighted by Crippen LogP contribution is 2.37. The second-order valence-electron chi connectivity index (χ2n) is 7.90. The lowest BCUT2D eigenvalue weighted by Crippen LogP contribution is -2.47. The zero-order chi connectivity index (χ0) is 23.8. The molecule has 1 aliphatic heterocycles. The molecule has 0 radical (unpaired) electrons. The summed E-state index contributed by atoms with van der Waals surface area (Å²) in [7, 11) is 5.13. The van der Waals surface area contributed by atoms with Crippen molar-refractivity contribution in [3.63, 3.8) is 0 Å². The second-order valence-corrected chi connectivity index (χ2v) is 7.90. The van der Waals surface area contributed by atoms with Crippen LogP contribution in [-0.4, -0.2) is 72.6 Å².